The summed E-state index contributed by atoms with van der Waals surface area (Å²) < 4.78 is 2.32. The van der Waals surface area contributed by atoms with Gasteiger partial charge in [0.1, 0.15) is 11.6 Å². The minimum atomic E-state index is -0.918. The van der Waals surface area contributed by atoms with Crippen molar-refractivity contribution >= 4 is 23.1 Å². The number of hydrogen-bond donors (Lipinski definition) is 2. The van der Waals surface area contributed by atoms with Gasteiger partial charge < -0.3 is 14.7 Å². The third kappa shape index (κ3) is 4.32. The second-order valence-electron chi connectivity index (χ2n) is 9.96. The van der Waals surface area contributed by atoms with E-state index in [-0.39, 0.29) is 0 Å². The highest BCUT2D eigenvalue weighted by Gasteiger charge is 2.18. The SMILES string of the molecule is CCCc1nc2c(C)cc(-c3nc4c([nH]3)CCC=C4)cc2n1Cc1ccc(-c2ccccc2C(=O)O)cc1. The smallest absolute Gasteiger partial charge is 0.336 e. The number of aromatic amines is 1. The van der Waals surface area contributed by atoms with Gasteiger partial charge in [-0.15, -0.1) is 0 Å². The van der Waals surface area contributed by atoms with Crippen LogP contribution in [-0.4, -0.2) is 30.6 Å². The van der Waals surface area contributed by atoms with Gasteiger partial charge in [-0.2, -0.15) is 0 Å². The molecule has 190 valence electrons. The Kier molecular flexibility index (Phi) is 6.16. The van der Waals surface area contributed by atoms with Gasteiger partial charge in [0, 0.05) is 24.2 Å². The third-order valence-corrected chi connectivity index (χ3v) is 7.28. The van der Waals surface area contributed by atoms with Crippen LogP contribution in [0.15, 0.2) is 66.7 Å². The summed E-state index contributed by atoms with van der Waals surface area (Å²) in [5.74, 6) is 1.06. The fourth-order valence-electron chi connectivity index (χ4n) is 5.37. The first-order valence-corrected chi connectivity index (χ1v) is 13.2. The lowest BCUT2D eigenvalue weighted by atomic mass is 9.98. The molecule has 0 saturated carbocycles. The molecule has 1 aliphatic carbocycles. The maximum absolute atomic E-state index is 11.7. The fraction of sp³-hybridized carbons (Fsp3) is 0.219. The number of fused-ring (bicyclic) bond motifs is 2. The topological polar surface area (TPSA) is 83.8 Å². The quantitative estimate of drug-likeness (QED) is 0.250. The minimum Gasteiger partial charge on any atom is -0.478 e. The molecule has 0 radical (unpaired) electrons. The molecule has 6 heteroatoms. The van der Waals surface area contributed by atoms with Crippen molar-refractivity contribution in [2.75, 3.05) is 0 Å². The number of aromatic nitrogens is 4. The number of nitrogens with zero attached hydrogens (tertiary/aromatic N) is 3. The van der Waals surface area contributed by atoms with Crippen molar-refractivity contribution in [3.05, 3.63) is 101 Å². The summed E-state index contributed by atoms with van der Waals surface area (Å²) in [4.78, 5) is 25.2. The molecule has 2 heterocycles. The summed E-state index contributed by atoms with van der Waals surface area (Å²) in [6, 6.07) is 19.7. The van der Waals surface area contributed by atoms with Gasteiger partial charge in [0.05, 0.1) is 22.3 Å². The number of carbonyl (C=O) groups is 1. The van der Waals surface area contributed by atoms with Crippen LogP contribution in [0, 0.1) is 6.92 Å². The molecular formula is C32H30N4O2. The molecule has 2 N–H and O–H groups in total. The summed E-state index contributed by atoms with van der Waals surface area (Å²) in [6.07, 6.45) is 8.22. The highest BCUT2D eigenvalue weighted by Crippen LogP contribution is 2.30. The van der Waals surface area contributed by atoms with Crippen molar-refractivity contribution < 1.29 is 9.90 Å². The molecule has 0 spiro atoms. The highest BCUT2D eigenvalue weighted by molar-refractivity contribution is 5.96. The fourth-order valence-corrected chi connectivity index (χ4v) is 5.37. The lowest BCUT2D eigenvalue weighted by molar-refractivity contribution is 0.0697. The first-order chi connectivity index (χ1) is 18.5. The van der Waals surface area contributed by atoms with Crippen molar-refractivity contribution in [1.82, 2.24) is 19.5 Å². The monoisotopic (exact) mass is 502 g/mol. The van der Waals surface area contributed by atoms with Crippen LogP contribution in [0.4, 0.5) is 0 Å². The number of nitrogens with one attached hydrogen (secondary N) is 1. The molecule has 0 amide bonds. The predicted molar refractivity (Wildman–Crippen MR) is 151 cm³/mol. The Morgan fingerprint density at radius 3 is 2.63 bits per heavy atom. The second kappa shape index (κ2) is 9.78. The zero-order chi connectivity index (χ0) is 26.2. The van der Waals surface area contributed by atoms with E-state index in [9.17, 15) is 9.90 Å². The van der Waals surface area contributed by atoms with Gasteiger partial charge in [-0.25, -0.2) is 14.8 Å². The number of H-pyrrole nitrogens is 1. The predicted octanol–water partition coefficient (Wildman–Crippen LogP) is 7.06. The Morgan fingerprint density at radius 2 is 1.87 bits per heavy atom. The molecule has 0 unspecified atom stereocenters. The van der Waals surface area contributed by atoms with E-state index in [1.165, 1.54) is 5.69 Å². The van der Waals surface area contributed by atoms with Crippen LogP contribution in [0.3, 0.4) is 0 Å². The van der Waals surface area contributed by atoms with E-state index in [2.05, 4.69) is 59.8 Å². The number of benzene rings is 3. The van der Waals surface area contributed by atoms with E-state index >= 15 is 0 Å². The Labute approximate surface area is 221 Å². The van der Waals surface area contributed by atoms with Crippen molar-refractivity contribution in [3.8, 4) is 22.5 Å². The summed E-state index contributed by atoms with van der Waals surface area (Å²) in [5.41, 5.74) is 9.64. The molecule has 3 aromatic carbocycles. The van der Waals surface area contributed by atoms with Gasteiger partial charge in [0.25, 0.3) is 0 Å². The lowest BCUT2D eigenvalue weighted by Gasteiger charge is -2.12. The molecule has 0 fully saturated rings. The maximum Gasteiger partial charge on any atom is 0.336 e. The molecule has 0 aliphatic heterocycles. The normalized spacial score (nSPS) is 12.7. The van der Waals surface area contributed by atoms with Gasteiger partial charge in [0.15, 0.2) is 0 Å². The van der Waals surface area contributed by atoms with Gasteiger partial charge >= 0.3 is 5.97 Å². The maximum atomic E-state index is 11.7. The van der Waals surface area contributed by atoms with E-state index in [0.717, 1.165) is 81.9 Å². The van der Waals surface area contributed by atoms with Crippen LogP contribution in [0.2, 0.25) is 0 Å². The number of allylic oxidation sites excluding steroid dienone is 1. The van der Waals surface area contributed by atoms with Gasteiger partial charge in [0.2, 0.25) is 0 Å². The Bertz CT molecular complexity index is 1690. The molecular weight excluding hydrogens is 472 g/mol. The average molecular weight is 503 g/mol. The zero-order valence-electron chi connectivity index (χ0n) is 21.7. The van der Waals surface area contributed by atoms with E-state index in [4.69, 9.17) is 9.97 Å². The summed E-state index contributed by atoms with van der Waals surface area (Å²) >= 11 is 0. The Balaban J connectivity index is 1.39. The largest absolute Gasteiger partial charge is 0.478 e. The average Bonchev–Trinajstić information content (AvgIpc) is 3.51. The first-order valence-electron chi connectivity index (χ1n) is 13.2. The van der Waals surface area contributed by atoms with E-state index in [0.29, 0.717) is 12.1 Å². The van der Waals surface area contributed by atoms with Crippen molar-refractivity contribution in [2.24, 2.45) is 0 Å². The molecule has 1 aliphatic rings. The molecule has 6 rings (SSSR count). The number of aromatic carboxylic acids is 1. The standard InChI is InChI=1S/C32H30N4O2/c1-3-8-29-35-30-20(2)17-23(31-33-26-11-6-7-12-27(26)34-31)18-28(30)36(29)19-21-13-15-22(16-14-21)24-9-4-5-10-25(24)32(37)38/h4-6,9-11,13-18H,3,7-8,12,19H2,1-2H3,(H,33,34)(H,37,38). The van der Waals surface area contributed by atoms with E-state index < -0.39 is 5.97 Å². The van der Waals surface area contributed by atoms with Crippen LogP contribution in [0.25, 0.3) is 39.6 Å². The highest BCUT2D eigenvalue weighted by atomic mass is 16.4. The summed E-state index contributed by atoms with van der Waals surface area (Å²) in [6.45, 7) is 4.99. The summed E-state index contributed by atoms with van der Waals surface area (Å²) in [5, 5.41) is 9.59. The first kappa shape index (κ1) is 23.9. The molecule has 0 atom stereocenters. The minimum absolute atomic E-state index is 0.309. The van der Waals surface area contributed by atoms with E-state index in [1.54, 1.807) is 12.1 Å². The van der Waals surface area contributed by atoms with Crippen LogP contribution in [-0.2, 0) is 19.4 Å². The number of imidazole rings is 2. The zero-order valence-corrected chi connectivity index (χ0v) is 21.7. The van der Waals surface area contributed by atoms with Crippen LogP contribution >= 0.6 is 0 Å². The number of rotatable bonds is 7. The Morgan fingerprint density at radius 1 is 1.05 bits per heavy atom. The van der Waals surface area contributed by atoms with Crippen LogP contribution in [0.1, 0.15) is 58.5 Å². The van der Waals surface area contributed by atoms with Gasteiger partial charge in [-0.3, -0.25) is 0 Å². The summed E-state index contributed by atoms with van der Waals surface area (Å²) in [7, 11) is 0. The third-order valence-electron chi connectivity index (χ3n) is 7.28. The lowest BCUT2D eigenvalue weighted by Crippen LogP contribution is -2.05. The number of carboxylic acids is 1. The van der Waals surface area contributed by atoms with Gasteiger partial charge in [-0.1, -0.05) is 55.5 Å². The second-order valence-corrected chi connectivity index (χ2v) is 9.96. The van der Waals surface area contributed by atoms with Crippen LogP contribution in [0.5, 0.6) is 0 Å². The molecule has 6 nitrogen and oxygen atoms in total. The Hall–Kier alpha value is -4.45. The van der Waals surface area contributed by atoms with Gasteiger partial charge in [-0.05, 0) is 72.7 Å². The van der Waals surface area contributed by atoms with Crippen molar-refractivity contribution in [1.29, 1.82) is 0 Å². The number of carboxylic acid groups (broad SMARTS) is 1. The molecule has 0 bridgehead atoms. The number of hydrogen-bond acceptors (Lipinski definition) is 3. The van der Waals surface area contributed by atoms with E-state index in [1.807, 2.05) is 24.3 Å². The van der Waals surface area contributed by atoms with Crippen molar-refractivity contribution in [3.63, 3.8) is 0 Å². The molecule has 0 saturated heterocycles. The number of aryl methyl sites for hydroxylation is 3. The van der Waals surface area contributed by atoms with Crippen LogP contribution < -0.4 is 0 Å². The molecule has 38 heavy (non-hydrogen) atoms. The molecule has 2 aromatic heterocycles. The molecule has 5 aromatic rings. The van der Waals surface area contributed by atoms with Crippen molar-refractivity contribution in [2.45, 2.75) is 46.1 Å².